The monoisotopic (exact) mass is 135 g/mol. The van der Waals surface area contributed by atoms with Gasteiger partial charge in [-0.2, -0.15) is 0 Å². The molecule has 1 unspecified atom stereocenters. The van der Waals surface area contributed by atoms with Crippen LogP contribution in [0.4, 0.5) is 0 Å². The van der Waals surface area contributed by atoms with Crippen LogP contribution in [0.1, 0.15) is 6.42 Å². The molecule has 53 valence electrons. The second-order valence-corrected chi connectivity index (χ2v) is 2.66. The summed E-state index contributed by atoms with van der Waals surface area (Å²) in [5, 5.41) is 7.64. The van der Waals surface area contributed by atoms with Crippen LogP contribution in [-0.4, -0.2) is 19.1 Å². The number of nitrogens with zero attached hydrogens (tertiary/aromatic N) is 1. The Hall–Kier alpha value is -0.760. The smallest absolute Gasteiger partial charge is 0.0665 e. The van der Waals surface area contributed by atoms with E-state index in [-0.39, 0.29) is 0 Å². The Morgan fingerprint density at radius 1 is 1.60 bits per heavy atom. The Labute approximate surface area is 61.0 Å². The molecule has 10 heavy (non-hydrogen) atoms. The van der Waals surface area contributed by atoms with Crippen molar-refractivity contribution in [1.29, 1.82) is 0 Å². The summed E-state index contributed by atoms with van der Waals surface area (Å²) in [6.07, 6.45) is 7.53. The summed E-state index contributed by atoms with van der Waals surface area (Å²) in [5.41, 5.74) is 1.39. The molecule has 2 heteroatoms. The molecule has 0 spiro atoms. The number of nitrogens with one attached hydrogen (secondary N) is 1. The average Bonchev–Trinajstić information content (AvgIpc) is 2.05. The van der Waals surface area contributed by atoms with E-state index in [0.29, 0.717) is 6.04 Å². The van der Waals surface area contributed by atoms with E-state index in [0.717, 1.165) is 19.5 Å². The van der Waals surface area contributed by atoms with Gasteiger partial charge >= 0.3 is 0 Å². The molecule has 0 saturated carbocycles. The molecular weight excluding hydrogens is 124 g/mol. The zero-order chi connectivity index (χ0) is 6.81. The summed E-state index contributed by atoms with van der Waals surface area (Å²) >= 11 is 0. The van der Waals surface area contributed by atoms with Crippen LogP contribution in [-0.2, 0) is 0 Å². The number of rotatable bonds is 0. The molecule has 1 atom stereocenters. The van der Waals surface area contributed by atoms with Crippen LogP contribution in [0.25, 0.3) is 0 Å². The van der Waals surface area contributed by atoms with Gasteiger partial charge in [0.2, 0.25) is 0 Å². The Kier molecular flexibility index (Phi) is 1.47. The molecule has 0 fully saturated rings. The molecule has 0 saturated heterocycles. The zero-order valence-electron chi connectivity index (χ0n) is 5.88. The topological polar surface area (TPSA) is 26.1 Å². The average molecular weight is 135 g/mol. The number of fused-ring (bicyclic) bond motifs is 1. The molecule has 0 bridgehead atoms. The van der Waals surface area contributed by atoms with Crippen LogP contribution >= 0.6 is 0 Å². The molecule has 2 aliphatic rings. The molecule has 1 radical (unpaired) electrons. The van der Waals surface area contributed by atoms with Crippen LogP contribution in [0.15, 0.2) is 23.9 Å². The lowest BCUT2D eigenvalue weighted by Crippen LogP contribution is -2.38. The minimum absolute atomic E-state index is 0.443. The summed E-state index contributed by atoms with van der Waals surface area (Å²) < 4.78 is 0. The summed E-state index contributed by atoms with van der Waals surface area (Å²) in [6, 6.07) is 0.443. The second-order valence-electron chi connectivity index (χ2n) is 2.66. The molecule has 2 aliphatic heterocycles. The van der Waals surface area contributed by atoms with Crippen molar-refractivity contribution in [2.24, 2.45) is 0 Å². The quantitative estimate of drug-likeness (QED) is 0.511. The molecule has 2 nitrogen and oxygen atoms in total. The number of hydrogen-bond acceptors (Lipinski definition) is 1. The van der Waals surface area contributed by atoms with Crippen molar-refractivity contribution in [2.75, 3.05) is 13.1 Å². The molecular formula is C8H11N2. The van der Waals surface area contributed by atoms with E-state index in [1.807, 2.05) is 6.20 Å². The van der Waals surface area contributed by atoms with E-state index in [9.17, 15) is 0 Å². The van der Waals surface area contributed by atoms with Gasteiger partial charge in [-0.3, -0.25) is 0 Å². The molecule has 1 N–H and O–H groups in total. The lowest BCUT2D eigenvalue weighted by Gasteiger charge is -2.25. The first-order valence-corrected chi connectivity index (χ1v) is 3.73. The normalized spacial score (nSPS) is 30.4. The van der Waals surface area contributed by atoms with Crippen LogP contribution in [0.5, 0.6) is 0 Å². The molecule has 0 amide bonds. The summed E-state index contributed by atoms with van der Waals surface area (Å²) in [5.74, 6) is 0. The third-order valence-corrected chi connectivity index (χ3v) is 1.95. The van der Waals surface area contributed by atoms with Gasteiger partial charge in [0.25, 0.3) is 0 Å². The first-order chi connectivity index (χ1) is 4.97. The van der Waals surface area contributed by atoms with Gasteiger partial charge in [-0.1, -0.05) is 6.08 Å². The highest BCUT2D eigenvalue weighted by atomic mass is 15.0. The lowest BCUT2D eigenvalue weighted by molar-refractivity contribution is 0.520. The summed E-state index contributed by atoms with van der Waals surface area (Å²) in [7, 11) is 0. The Morgan fingerprint density at radius 3 is 3.50 bits per heavy atom. The first-order valence-electron chi connectivity index (χ1n) is 3.73. The Bertz CT molecular complexity index is 182. The van der Waals surface area contributed by atoms with E-state index in [1.165, 1.54) is 5.57 Å². The maximum absolute atomic E-state index is 4.47. The van der Waals surface area contributed by atoms with E-state index in [4.69, 9.17) is 0 Å². The van der Waals surface area contributed by atoms with Crippen molar-refractivity contribution >= 4 is 0 Å². The standard InChI is InChI=1S/C8H11N2/c1-2-7-3-5-9-6-8(7)10-4-1/h2-3,5,8-9H,1,4,6H2. The third-order valence-electron chi connectivity index (χ3n) is 1.95. The van der Waals surface area contributed by atoms with Crippen LogP contribution in [0, 0.1) is 0 Å². The highest BCUT2D eigenvalue weighted by molar-refractivity contribution is 5.29. The fraction of sp³-hybridized carbons (Fsp3) is 0.500. The minimum Gasteiger partial charge on any atom is -0.389 e. The first kappa shape index (κ1) is 5.98. The van der Waals surface area contributed by atoms with Crippen molar-refractivity contribution in [3.8, 4) is 0 Å². The van der Waals surface area contributed by atoms with Gasteiger partial charge in [-0.05, 0) is 24.3 Å². The predicted molar refractivity (Wildman–Crippen MR) is 40.6 cm³/mol. The van der Waals surface area contributed by atoms with Crippen molar-refractivity contribution in [1.82, 2.24) is 10.6 Å². The molecule has 0 aromatic rings. The zero-order valence-corrected chi connectivity index (χ0v) is 5.88. The fourth-order valence-corrected chi connectivity index (χ4v) is 1.40. The van der Waals surface area contributed by atoms with E-state index < -0.39 is 0 Å². The van der Waals surface area contributed by atoms with Crippen LogP contribution < -0.4 is 10.6 Å². The molecule has 0 aliphatic carbocycles. The van der Waals surface area contributed by atoms with Gasteiger partial charge in [0, 0.05) is 13.1 Å². The SMILES string of the molecule is C1=CC2=CCC[N]C2CN1. The fourth-order valence-electron chi connectivity index (χ4n) is 1.40. The third kappa shape index (κ3) is 0.948. The van der Waals surface area contributed by atoms with E-state index in [1.54, 1.807) is 0 Å². The number of hydrogen-bond donors (Lipinski definition) is 1. The Morgan fingerprint density at radius 2 is 2.60 bits per heavy atom. The molecule has 0 aromatic heterocycles. The summed E-state index contributed by atoms with van der Waals surface area (Å²) in [6.45, 7) is 1.99. The Balaban J connectivity index is 2.21. The van der Waals surface area contributed by atoms with Gasteiger partial charge in [-0.15, -0.1) is 0 Å². The largest absolute Gasteiger partial charge is 0.389 e. The van der Waals surface area contributed by atoms with Gasteiger partial charge in [0.05, 0.1) is 6.04 Å². The minimum atomic E-state index is 0.443. The van der Waals surface area contributed by atoms with Crippen molar-refractivity contribution < 1.29 is 0 Å². The van der Waals surface area contributed by atoms with Gasteiger partial charge in [-0.25, -0.2) is 5.32 Å². The van der Waals surface area contributed by atoms with Crippen molar-refractivity contribution in [3.05, 3.63) is 23.9 Å². The second kappa shape index (κ2) is 2.46. The van der Waals surface area contributed by atoms with Gasteiger partial charge in [0.15, 0.2) is 0 Å². The maximum atomic E-state index is 4.47. The van der Waals surface area contributed by atoms with Gasteiger partial charge in [0.1, 0.15) is 0 Å². The maximum Gasteiger partial charge on any atom is 0.0665 e. The van der Waals surface area contributed by atoms with Gasteiger partial charge < -0.3 is 5.32 Å². The van der Waals surface area contributed by atoms with Crippen molar-refractivity contribution in [3.63, 3.8) is 0 Å². The highest BCUT2D eigenvalue weighted by Gasteiger charge is 2.17. The van der Waals surface area contributed by atoms with Crippen LogP contribution in [0.3, 0.4) is 0 Å². The van der Waals surface area contributed by atoms with E-state index in [2.05, 4.69) is 22.8 Å². The van der Waals surface area contributed by atoms with E-state index >= 15 is 0 Å². The van der Waals surface area contributed by atoms with Crippen LogP contribution in [0.2, 0.25) is 0 Å². The highest BCUT2D eigenvalue weighted by Crippen LogP contribution is 2.13. The summed E-state index contributed by atoms with van der Waals surface area (Å²) in [4.78, 5) is 0. The molecule has 0 aromatic carbocycles. The molecule has 2 rings (SSSR count). The predicted octanol–water partition coefficient (Wildman–Crippen LogP) is 0.406. The molecule has 2 heterocycles. The lowest BCUT2D eigenvalue weighted by atomic mass is 10.0. The van der Waals surface area contributed by atoms with Crippen molar-refractivity contribution in [2.45, 2.75) is 12.5 Å².